The van der Waals surface area contributed by atoms with E-state index in [0.717, 1.165) is 18.1 Å². The van der Waals surface area contributed by atoms with Gasteiger partial charge in [-0.05, 0) is 52.7 Å². The zero-order valence-electron chi connectivity index (χ0n) is 10.8. The van der Waals surface area contributed by atoms with Gasteiger partial charge in [-0.3, -0.25) is 0 Å². The van der Waals surface area contributed by atoms with Crippen LogP contribution in [-0.2, 0) is 0 Å². The third-order valence-corrected chi connectivity index (χ3v) is 3.97. The van der Waals surface area contributed by atoms with Gasteiger partial charge in [0.25, 0.3) is 0 Å². The molecule has 0 aromatic carbocycles. The molecular weight excluding hydrogens is 220 g/mol. The second kappa shape index (κ2) is 5.80. The summed E-state index contributed by atoms with van der Waals surface area (Å²) in [5.74, 6) is 0. The molecule has 1 rings (SSSR count). The number of amides is 2. The Hall–Kier alpha value is -0.380. The van der Waals surface area contributed by atoms with E-state index in [1.165, 1.54) is 12.8 Å². The molecule has 1 aliphatic rings. The largest absolute Gasteiger partial charge is 0.335 e. The molecule has 94 valence electrons. The highest BCUT2D eigenvalue weighted by Gasteiger charge is 2.22. The minimum absolute atomic E-state index is 0.0277. The molecular formula is C12H24N2OS. The van der Waals surface area contributed by atoms with Crippen molar-refractivity contribution in [3.8, 4) is 0 Å². The molecule has 0 aliphatic heterocycles. The highest BCUT2D eigenvalue weighted by molar-refractivity contribution is 7.99. The molecule has 2 amide bonds. The molecule has 0 radical (unpaired) electrons. The topological polar surface area (TPSA) is 41.1 Å². The van der Waals surface area contributed by atoms with Gasteiger partial charge < -0.3 is 10.6 Å². The molecule has 1 aliphatic carbocycles. The van der Waals surface area contributed by atoms with Crippen molar-refractivity contribution in [2.24, 2.45) is 0 Å². The Morgan fingerprint density at radius 3 is 2.19 bits per heavy atom. The number of hydrogen-bond donors (Lipinski definition) is 2. The van der Waals surface area contributed by atoms with Crippen molar-refractivity contribution in [1.82, 2.24) is 10.6 Å². The third-order valence-electron chi connectivity index (χ3n) is 2.83. The highest BCUT2D eigenvalue weighted by Crippen LogP contribution is 2.26. The summed E-state index contributed by atoms with van der Waals surface area (Å²) in [6, 6.07) is 0.339. The quantitative estimate of drug-likeness (QED) is 0.784. The second-order valence-electron chi connectivity index (χ2n) is 5.56. The molecule has 16 heavy (non-hydrogen) atoms. The van der Waals surface area contributed by atoms with Crippen molar-refractivity contribution >= 4 is 17.8 Å². The van der Waals surface area contributed by atoms with Gasteiger partial charge in [-0.1, -0.05) is 0 Å². The summed E-state index contributed by atoms with van der Waals surface area (Å²) in [7, 11) is 0. The molecule has 4 heteroatoms. The summed E-state index contributed by atoms with van der Waals surface area (Å²) in [6.45, 7) is 5.99. The van der Waals surface area contributed by atoms with Crippen molar-refractivity contribution in [2.75, 3.05) is 6.26 Å². The fourth-order valence-electron chi connectivity index (χ4n) is 2.00. The van der Waals surface area contributed by atoms with E-state index >= 15 is 0 Å². The Morgan fingerprint density at radius 2 is 1.75 bits per heavy atom. The predicted molar refractivity (Wildman–Crippen MR) is 71.0 cm³/mol. The van der Waals surface area contributed by atoms with Gasteiger partial charge in [-0.25, -0.2) is 4.79 Å². The van der Waals surface area contributed by atoms with Crippen LogP contribution in [0.15, 0.2) is 0 Å². The maximum atomic E-state index is 11.7. The summed E-state index contributed by atoms with van der Waals surface area (Å²) < 4.78 is 0. The van der Waals surface area contributed by atoms with Crippen molar-refractivity contribution in [3.63, 3.8) is 0 Å². The van der Waals surface area contributed by atoms with E-state index in [9.17, 15) is 4.79 Å². The standard InChI is InChI=1S/C12H24N2OS/c1-12(2,3)14-11(15)13-9-5-7-10(16-4)8-6-9/h9-10H,5-8H2,1-4H3,(H2,13,14,15). The number of thioether (sulfide) groups is 1. The van der Waals surface area contributed by atoms with Crippen LogP contribution < -0.4 is 10.6 Å². The molecule has 0 aromatic heterocycles. The molecule has 0 unspecified atom stereocenters. The number of rotatable bonds is 2. The Morgan fingerprint density at radius 1 is 1.19 bits per heavy atom. The number of nitrogens with one attached hydrogen (secondary N) is 2. The molecule has 0 bridgehead atoms. The molecule has 3 nitrogen and oxygen atoms in total. The Balaban J connectivity index is 2.26. The molecule has 0 heterocycles. The highest BCUT2D eigenvalue weighted by atomic mass is 32.2. The van der Waals surface area contributed by atoms with Crippen molar-refractivity contribution in [3.05, 3.63) is 0 Å². The molecule has 1 fully saturated rings. The predicted octanol–water partition coefficient (Wildman–Crippen LogP) is 2.76. The van der Waals surface area contributed by atoms with Crippen LogP contribution >= 0.6 is 11.8 Å². The fraction of sp³-hybridized carbons (Fsp3) is 0.917. The van der Waals surface area contributed by atoms with Gasteiger partial charge in [-0.15, -0.1) is 0 Å². The maximum absolute atomic E-state index is 11.7. The van der Waals surface area contributed by atoms with Gasteiger partial charge in [-0.2, -0.15) is 11.8 Å². The van der Waals surface area contributed by atoms with Crippen molar-refractivity contribution in [2.45, 2.75) is 63.3 Å². The average Bonchev–Trinajstić information content (AvgIpc) is 2.16. The van der Waals surface area contributed by atoms with Crippen molar-refractivity contribution < 1.29 is 4.79 Å². The SMILES string of the molecule is CSC1CCC(NC(=O)NC(C)(C)C)CC1. The number of carbonyl (C=O) groups is 1. The van der Waals surface area contributed by atoms with Crippen LogP contribution in [0.3, 0.4) is 0 Å². The summed E-state index contributed by atoms with van der Waals surface area (Å²) in [4.78, 5) is 11.7. The van der Waals surface area contributed by atoms with Crippen LogP contribution in [0, 0.1) is 0 Å². The molecule has 0 spiro atoms. The van der Waals surface area contributed by atoms with E-state index in [4.69, 9.17) is 0 Å². The van der Waals surface area contributed by atoms with E-state index in [0.29, 0.717) is 6.04 Å². The Labute approximate surface area is 103 Å². The van der Waals surface area contributed by atoms with Gasteiger partial charge in [0, 0.05) is 16.8 Å². The zero-order valence-corrected chi connectivity index (χ0v) is 11.6. The lowest BCUT2D eigenvalue weighted by Gasteiger charge is -2.29. The first-order chi connectivity index (χ1) is 7.40. The summed E-state index contributed by atoms with van der Waals surface area (Å²) in [5, 5.41) is 6.79. The maximum Gasteiger partial charge on any atom is 0.315 e. The monoisotopic (exact) mass is 244 g/mol. The first kappa shape index (κ1) is 13.7. The van der Waals surface area contributed by atoms with Gasteiger partial charge >= 0.3 is 6.03 Å². The van der Waals surface area contributed by atoms with Gasteiger partial charge in [0.1, 0.15) is 0 Å². The van der Waals surface area contributed by atoms with Gasteiger partial charge in [0.2, 0.25) is 0 Å². The minimum Gasteiger partial charge on any atom is -0.335 e. The Bertz CT molecular complexity index is 230. The normalized spacial score (nSPS) is 26.2. The van der Waals surface area contributed by atoms with E-state index in [1.807, 2.05) is 32.5 Å². The number of hydrogen-bond acceptors (Lipinski definition) is 2. The van der Waals surface area contributed by atoms with Crippen LogP contribution in [0.5, 0.6) is 0 Å². The van der Waals surface area contributed by atoms with Gasteiger partial charge in [0.15, 0.2) is 0 Å². The van der Waals surface area contributed by atoms with Crippen molar-refractivity contribution in [1.29, 1.82) is 0 Å². The average molecular weight is 244 g/mol. The van der Waals surface area contributed by atoms with Crippen LogP contribution in [-0.4, -0.2) is 29.1 Å². The molecule has 1 saturated carbocycles. The summed E-state index contributed by atoms with van der Waals surface area (Å²) in [5.41, 5.74) is -0.152. The zero-order chi connectivity index (χ0) is 12.2. The molecule has 0 aromatic rings. The van der Waals surface area contributed by atoms with Crippen LogP contribution in [0.4, 0.5) is 4.79 Å². The van der Waals surface area contributed by atoms with Crippen LogP contribution in [0.1, 0.15) is 46.5 Å². The lowest BCUT2D eigenvalue weighted by Crippen LogP contribution is -2.50. The Kier molecular flexibility index (Phi) is 4.96. The van der Waals surface area contributed by atoms with E-state index in [-0.39, 0.29) is 11.6 Å². The first-order valence-corrected chi connectivity index (χ1v) is 7.31. The van der Waals surface area contributed by atoms with Gasteiger partial charge in [0.05, 0.1) is 0 Å². The smallest absolute Gasteiger partial charge is 0.315 e. The summed E-state index contributed by atoms with van der Waals surface area (Å²) >= 11 is 1.95. The fourth-order valence-corrected chi connectivity index (χ4v) is 2.75. The van der Waals surface area contributed by atoms with Crippen LogP contribution in [0.2, 0.25) is 0 Å². The molecule has 2 N–H and O–H groups in total. The lowest BCUT2D eigenvalue weighted by molar-refractivity contribution is 0.224. The first-order valence-electron chi connectivity index (χ1n) is 6.02. The molecule has 0 atom stereocenters. The third kappa shape index (κ3) is 5.10. The second-order valence-corrected chi connectivity index (χ2v) is 6.70. The van der Waals surface area contributed by atoms with E-state index in [1.54, 1.807) is 0 Å². The number of carbonyl (C=O) groups excluding carboxylic acids is 1. The minimum atomic E-state index is -0.152. The van der Waals surface area contributed by atoms with Crippen LogP contribution in [0.25, 0.3) is 0 Å². The number of urea groups is 1. The summed E-state index contributed by atoms with van der Waals surface area (Å²) in [6.07, 6.45) is 6.85. The van der Waals surface area contributed by atoms with E-state index in [2.05, 4.69) is 16.9 Å². The lowest BCUT2D eigenvalue weighted by atomic mass is 9.95. The molecule has 0 saturated heterocycles. The van der Waals surface area contributed by atoms with E-state index < -0.39 is 0 Å².